The molecule has 1 fully saturated rings. The van der Waals surface area contributed by atoms with E-state index in [4.69, 9.17) is 14.2 Å². The van der Waals surface area contributed by atoms with Crippen LogP contribution < -0.4 is 19.5 Å². The molecule has 2 aromatic carbocycles. The van der Waals surface area contributed by atoms with E-state index in [1.807, 2.05) is 0 Å². The zero-order valence-corrected chi connectivity index (χ0v) is 15.1. The van der Waals surface area contributed by atoms with E-state index in [1.54, 1.807) is 24.3 Å². The molecule has 0 aromatic heterocycles. The number of amides is 1. The summed E-state index contributed by atoms with van der Waals surface area (Å²) in [6.45, 7) is 0.481. The lowest BCUT2D eigenvalue weighted by atomic mass is 9.96. The highest BCUT2D eigenvalue weighted by molar-refractivity contribution is 5.98. The van der Waals surface area contributed by atoms with Gasteiger partial charge in [0.1, 0.15) is 11.6 Å². The second-order valence-electron chi connectivity index (χ2n) is 6.38. The minimum absolute atomic E-state index is 0.118. The summed E-state index contributed by atoms with van der Waals surface area (Å²) in [6, 6.07) is 9.70. The first-order valence-electron chi connectivity index (χ1n) is 8.37. The number of carbonyl (C=O) groups is 1. The first-order chi connectivity index (χ1) is 12.5. The third-order valence-corrected chi connectivity index (χ3v) is 4.85. The number of ether oxygens (including phenoxy) is 3. The number of hydrogen-bond acceptors (Lipinski definition) is 4. The van der Waals surface area contributed by atoms with E-state index in [2.05, 4.69) is 5.32 Å². The lowest BCUT2D eigenvalue weighted by Gasteiger charge is -2.18. The second-order valence-corrected chi connectivity index (χ2v) is 6.38. The maximum Gasteiger partial charge on any atom is 0.255 e. The second kappa shape index (κ2) is 7.23. The number of methoxy groups -OCH3 is 3. The van der Waals surface area contributed by atoms with Gasteiger partial charge in [-0.3, -0.25) is 4.79 Å². The van der Waals surface area contributed by atoms with Crippen molar-refractivity contribution in [1.29, 1.82) is 0 Å². The van der Waals surface area contributed by atoms with Gasteiger partial charge in [0, 0.05) is 24.1 Å². The van der Waals surface area contributed by atoms with Crippen LogP contribution in [0.4, 0.5) is 4.39 Å². The average molecular weight is 359 g/mol. The number of carbonyl (C=O) groups excluding carboxylic acids is 1. The molecule has 0 aliphatic heterocycles. The molecule has 0 atom stereocenters. The Balaban J connectivity index is 1.77. The number of hydrogen-bond donors (Lipinski definition) is 1. The predicted octanol–water partition coefficient (Wildman–Crippen LogP) is 3.31. The van der Waals surface area contributed by atoms with Gasteiger partial charge < -0.3 is 19.5 Å². The van der Waals surface area contributed by atoms with Crippen LogP contribution in [0.1, 0.15) is 28.8 Å². The summed E-state index contributed by atoms with van der Waals surface area (Å²) in [5.41, 5.74) is 1.30. The van der Waals surface area contributed by atoms with E-state index >= 15 is 0 Å². The van der Waals surface area contributed by atoms with Gasteiger partial charge in [-0.05, 0) is 30.5 Å². The molecule has 3 rings (SSSR count). The smallest absolute Gasteiger partial charge is 0.255 e. The zero-order chi connectivity index (χ0) is 18.7. The van der Waals surface area contributed by atoms with E-state index < -0.39 is 0 Å². The van der Waals surface area contributed by atoms with E-state index in [0.29, 0.717) is 29.4 Å². The van der Waals surface area contributed by atoms with Crippen molar-refractivity contribution in [3.05, 3.63) is 53.3 Å². The summed E-state index contributed by atoms with van der Waals surface area (Å²) in [4.78, 5) is 12.7. The molecular weight excluding hydrogens is 337 g/mol. The molecule has 138 valence electrons. The molecule has 0 bridgehead atoms. The third kappa shape index (κ3) is 3.45. The molecule has 26 heavy (non-hydrogen) atoms. The van der Waals surface area contributed by atoms with Gasteiger partial charge >= 0.3 is 0 Å². The molecule has 2 aromatic rings. The van der Waals surface area contributed by atoms with Crippen LogP contribution in [0.25, 0.3) is 0 Å². The first kappa shape index (κ1) is 18.0. The quantitative estimate of drug-likeness (QED) is 0.824. The van der Waals surface area contributed by atoms with E-state index in [0.717, 1.165) is 18.4 Å². The molecule has 0 saturated heterocycles. The Morgan fingerprint density at radius 2 is 1.58 bits per heavy atom. The van der Waals surface area contributed by atoms with Crippen molar-refractivity contribution >= 4 is 5.91 Å². The van der Waals surface area contributed by atoms with Crippen LogP contribution in [-0.2, 0) is 5.41 Å². The van der Waals surface area contributed by atoms with E-state index in [9.17, 15) is 9.18 Å². The first-order valence-corrected chi connectivity index (χ1v) is 8.37. The van der Waals surface area contributed by atoms with Gasteiger partial charge in [-0.25, -0.2) is 4.39 Å². The van der Waals surface area contributed by atoms with Gasteiger partial charge in [-0.15, -0.1) is 0 Å². The summed E-state index contributed by atoms with van der Waals surface area (Å²) in [6.07, 6.45) is 1.92. The predicted molar refractivity (Wildman–Crippen MR) is 95.7 cm³/mol. The maximum absolute atomic E-state index is 13.1. The molecule has 0 heterocycles. The van der Waals surface area contributed by atoms with Crippen molar-refractivity contribution in [3.63, 3.8) is 0 Å². The Kier molecular flexibility index (Phi) is 5.02. The lowest BCUT2D eigenvalue weighted by molar-refractivity contribution is 0.0946. The minimum atomic E-state index is -0.261. The van der Waals surface area contributed by atoms with E-state index in [-0.39, 0.29) is 17.1 Å². The molecular formula is C20H22FNO4. The SMILES string of the molecule is COc1cc(OC)c(C(=O)NCC2(c3ccc(F)cc3)CC2)cc1OC. The van der Waals surface area contributed by atoms with Gasteiger partial charge in [0.25, 0.3) is 5.91 Å². The van der Waals surface area contributed by atoms with Crippen LogP contribution in [-0.4, -0.2) is 33.8 Å². The van der Waals surface area contributed by atoms with Crippen molar-refractivity contribution in [2.45, 2.75) is 18.3 Å². The number of nitrogens with one attached hydrogen (secondary N) is 1. The highest BCUT2D eigenvalue weighted by Gasteiger charge is 2.44. The van der Waals surface area contributed by atoms with E-state index in [1.165, 1.54) is 33.5 Å². The largest absolute Gasteiger partial charge is 0.496 e. The van der Waals surface area contributed by atoms with Crippen molar-refractivity contribution in [3.8, 4) is 17.2 Å². The average Bonchev–Trinajstić information content (AvgIpc) is 3.46. The number of benzene rings is 2. The van der Waals surface area contributed by atoms with Crippen LogP contribution in [0.5, 0.6) is 17.2 Å². The standard InChI is InChI=1S/C20H22FNO4/c1-24-16-11-18(26-3)17(25-2)10-15(16)19(23)22-12-20(8-9-20)13-4-6-14(21)7-5-13/h4-7,10-11H,8-9,12H2,1-3H3,(H,22,23). The molecule has 1 aliphatic rings. The highest BCUT2D eigenvalue weighted by Crippen LogP contribution is 2.47. The van der Waals surface area contributed by atoms with Crippen LogP contribution in [0.2, 0.25) is 0 Å². The van der Waals surface area contributed by atoms with Crippen LogP contribution in [0, 0.1) is 5.82 Å². The Labute approximate surface area is 152 Å². The molecule has 0 unspecified atom stereocenters. The van der Waals surface area contributed by atoms with Crippen LogP contribution >= 0.6 is 0 Å². The lowest BCUT2D eigenvalue weighted by Crippen LogP contribution is -2.32. The van der Waals surface area contributed by atoms with Crippen molar-refractivity contribution < 1.29 is 23.4 Å². The van der Waals surface area contributed by atoms with Crippen LogP contribution in [0.3, 0.4) is 0 Å². The summed E-state index contributed by atoms with van der Waals surface area (Å²) >= 11 is 0. The maximum atomic E-state index is 13.1. The summed E-state index contributed by atoms with van der Waals surface area (Å²) in [7, 11) is 4.54. The normalized spacial score (nSPS) is 14.5. The molecule has 1 N–H and O–H groups in total. The number of halogens is 1. The minimum Gasteiger partial charge on any atom is -0.496 e. The van der Waals surface area contributed by atoms with Gasteiger partial charge in [0.05, 0.1) is 26.9 Å². The van der Waals surface area contributed by atoms with Crippen molar-refractivity contribution in [2.24, 2.45) is 0 Å². The van der Waals surface area contributed by atoms with Gasteiger partial charge in [-0.2, -0.15) is 0 Å². The van der Waals surface area contributed by atoms with Gasteiger partial charge in [0.2, 0.25) is 0 Å². The molecule has 6 heteroatoms. The van der Waals surface area contributed by atoms with Crippen LogP contribution in [0.15, 0.2) is 36.4 Å². The van der Waals surface area contributed by atoms with Gasteiger partial charge in [0.15, 0.2) is 11.5 Å². The summed E-state index contributed by atoms with van der Waals surface area (Å²) < 4.78 is 29.0. The Morgan fingerprint density at radius 3 is 2.12 bits per heavy atom. The molecule has 1 amide bonds. The number of rotatable bonds is 7. The monoisotopic (exact) mass is 359 g/mol. The summed E-state index contributed by atoms with van der Waals surface area (Å²) in [5.74, 6) is 0.843. The fourth-order valence-corrected chi connectivity index (χ4v) is 3.07. The molecule has 1 aliphatic carbocycles. The Morgan fingerprint density at radius 1 is 1.00 bits per heavy atom. The summed E-state index contributed by atoms with van der Waals surface area (Å²) in [5, 5.41) is 2.97. The highest BCUT2D eigenvalue weighted by atomic mass is 19.1. The molecule has 0 radical (unpaired) electrons. The molecule has 5 nitrogen and oxygen atoms in total. The Hall–Kier alpha value is -2.76. The van der Waals surface area contributed by atoms with Gasteiger partial charge in [-0.1, -0.05) is 12.1 Å². The Bertz CT molecular complexity index is 800. The van der Waals surface area contributed by atoms with Crippen molar-refractivity contribution in [2.75, 3.05) is 27.9 Å². The zero-order valence-electron chi connectivity index (χ0n) is 15.1. The molecule has 1 saturated carbocycles. The fraction of sp³-hybridized carbons (Fsp3) is 0.350. The van der Waals surface area contributed by atoms with Crippen molar-refractivity contribution in [1.82, 2.24) is 5.32 Å². The molecule has 0 spiro atoms. The fourth-order valence-electron chi connectivity index (χ4n) is 3.07. The topological polar surface area (TPSA) is 56.8 Å². The third-order valence-electron chi connectivity index (χ3n) is 4.85.